The molecule has 4 nitrogen and oxygen atoms in total. The number of methoxy groups -OCH3 is 1. The predicted molar refractivity (Wildman–Crippen MR) is 70.1 cm³/mol. The molecule has 0 spiro atoms. The molecule has 2 aromatic rings. The lowest BCUT2D eigenvalue weighted by Gasteiger charge is -2.09. The average molecular weight is 251 g/mol. The number of benzene rings is 1. The van der Waals surface area contributed by atoms with E-state index in [4.69, 9.17) is 10.5 Å². The van der Waals surface area contributed by atoms with Crippen molar-refractivity contribution in [2.45, 2.75) is 26.8 Å². The van der Waals surface area contributed by atoms with Gasteiger partial charge >= 0.3 is 0 Å². The number of nitrogen functional groups attached to an aromatic ring is 1. The van der Waals surface area contributed by atoms with Crippen molar-refractivity contribution in [2.24, 2.45) is 5.92 Å². The summed E-state index contributed by atoms with van der Waals surface area (Å²) in [4.78, 5) is 4.17. The zero-order valence-electron chi connectivity index (χ0n) is 10.9. The van der Waals surface area contributed by atoms with Gasteiger partial charge in [0.25, 0.3) is 0 Å². The highest BCUT2D eigenvalue weighted by Gasteiger charge is 2.13. The summed E-state index contributed by atoms with van der Waals surface area (Å²) in [6, 6.07) is 3.00. The molecule has 5 heteroatoms. The number of imidazole rings is 1. The first kappa shape index (κ1) is 12.7. The number of hydrogen-bond acceptors (Lipinski definition) is 3. The molecule has 2 rings (SSSR count). The van der Waals surface area contributed by atoms with E-state index in [-0.39, 0.29) is 5.75 Å². The molecule has 0 aliphatic carbocycles. The van der Waals surface area contributed by atoms with E-state index in [9.17, 15) is 4.39 Å². The molecule has 1 heterocycles. The number of rotatable bonds is 4. The van der Waals surface area contributed by atoms with E-state index in [1.165, 1.54) is 13.2 Å². The van der Waals surface area contributed by atoms with E-state index in [1.54, 1.807) is 6.07 Å². The second-order valence-corrected chi connectivity index (χ2v) is 4.78. The maximum atomic E-state index is 13.6. The summed E-state index contributed by atoms with van der Waals surface area (Å²) in [5.41, 5.74) is 7.25. The van der Waals surface area contributed by atoms with Crippen molar-refractivity contribution in [3.8, 4) is 5.75 Å². The van der Waals surface area contributed by atoms with Gasteiger partial charge in [-0.2, -0.15) is 0 Å². The Morgan fingerprint density at radius 3 is 2.78 bits per heavy atom. The van der Waals surface area contributed by atoms with Gasteiger partial charge in [-0.3, -0.25) is 0 Å². The average Bonchev–Trinajstić information content (AvgIpc) is 2.60. The molecule has 0 aliphatic heterocycles. The van der Waals surface area contributed by atoms with E-state index in [1.807, 2.05) is 4.57 Å². The van der Waals surface area contributed by atoms with Crippen LogP contribution in [0.1, 0.15) is 20.3 Å². The first-order valence-electron chi connectivity index (χ1n) is 6.02. The summed E-state index contributed by atoms with van der Waals surface area (Å²) in [5.74, 6) is 0.786. The molecule has 0 bridgehead atoms. The van der Waals surface area contributed by atoms with Crippen molar-refractivity contribution < 1.29 is 9.13 Å². The van der Waals surface area contributed by atoms with Crippen LogP contribution in [0.25, 0.3) is 11.0 Å². The third kappa shape index (κ3) is 2.25. The molecular weight excluding hydrogens is 233 g/mol. The minimum atomic E-state index is -0.418. The van der Waals surface area contributed by atoms with Gasteiger partial charge in [0, 0.05) is 18.7 Å². The lowest BCUT2D eigenvalue weighted by Crippen LogP contribution is -2.05. The van der Waals surface area contributed by atoms with Gasteiger partial charge in [-0.05, 0) is 12.3 Å². The molecule has 1 aromatic heterocycles. The summed E-state index contributed by atoms with van der Waals surface area (Å²) < 4.78 is 20.4. The largest absolute Gasteiger partial charge is 0.494 e. The van der Waals surface area contributed by atoms with Gasteiger partial charge in [-0.25, -0.2) is 9.37 Å². The Morgan fingerprint density at radius 1 is 1.44 bits per heavy atom. The third-order valence-electron chi connectivity index (χ3n) is 2.98. The van der Waals surface area contributed by atoms with Gasteiger partial charge < -0.3 is 15.0 Å². The minimum absolute atomic E-state index is 0.216. The Labute approximate surface area is 106 Å². The summed E-state index contributed by atoms with van der Waals surface area (Å²) in [7, 11) is 1.45. The smallest absolute Gasteiger partial charge is 0.201 e. The maximum absolute atomic E-state index is 13.6. The number of nitrogens with zero attached hydrogens (tertiary/aromatic N) is 2. The van der Waals surface area contributed by atoms with Crippen LogP contribution in [0.5, 0.6) is 5.75 Å². The quantitative estimate of drug-likeness (QED) is 0.909. The predicted octanol–water partition coefficient (Wildman–Crippen LogP) is 2.81. The molecule has 0 unspecified atom stereocenters. The first-order valence-corrected chi connectivity index (χ1v) is 6.02. The SMILES string of the molecule is COc1cc2c(cc1F)nc(N)n2CCC(C)C. The lowest BCUT2D eigenvalue weighted by atomic mass is 10.1. The number of aryl methyl sites for hydroxylation is 1. The third-order valence-corrected chi connectivity index (χ3v) is 2.98. The normalized spacial score (nSPS) is 11.4. The molecule has 0 amide bonds. The van der Waals surface area contributed by atoms with Crippen molar-refractivity contribution in [2.75, 3.05) is 12.8 Å². The molecule has 0 atom stereocenters. The van der Waals surface area contributed by atoms with Gasteiger partial charge in [0.15, 0.2) is 11.6 Å². The van der Waals surface area contributed by atoms with Crippen LogP contribution >= 0.6 is 0 Å². The Balaban J connectivity index is 2.48. The molecule has 0 aliphatic rings. The second kappa shape index (κ2) is 4.84. The van der Waals surface area contributed by atoms with Crippen LogP contribution in [0.15, 0.2) is 12.1 Å². The van der Waals surface area contributed by atoms with Gasteiger partial charge in [0.2, 0.25) is 5.95 Å². The van der Waals surface area contributed by atoms with Crippen molar-refractivity contribution in [3.63, 3.8) is 0 Å². The Bertz CT molecular complexity index is 563. The van der Waals surface area contributed by atoms with Gasteiger partial charge in [-0.1, -0.05) is 13.8 Å². The number of hydrogen-bond donors (Lipinski definition) is 1. The topological polar surface area (TPSA) is 53.1 Å². The molecule has 18 heavy (non-hydrogen) atoms. The zero-order valence-corrected chi connectivity index (χ0v) is 10.9. The van der Waals surface area contributed by atoms with Gasteiger partial charge in [-0.15, -0.1) is 0 Å². The maximum Gasteiger partial charge on any atom is 0.201 e. The summed E-state index contributed by atoms with van der Waals surface area (Å²) in [5, 5.41) is 0. The van der Waals surface area contributed by atoms with E-state index in [0.29, 0.717) is 17.4 Å². The fourth-order valence-corrected chi connectivity index (χ4v) is 1.92. The van der Waals surface area contributed by atoms with Crippen molar-refractivity contribution in [1.82, 2.24) is 9.55 Å². The van der Waals surface area contributed by atoms with Crippen LogP contribution in [-0.2, 0) is 6.54 Å². The molecule has 1 aromatic carbocycles. The molecule has 0 saturated heterocycles. The van der Waals surface area contributed by atoms with Crippen molar-refractivity contribution in [3.05, 3.63) is 17.9 Å². The van der Waals surface area contributed by atoms with E-state index < -0.39 is 5.82 Å². The fourth-order valence-electron chi connectivity index (χ4n) is 1.92. The highest BCUT2D eigenvalue weighted by Crippen LogP contribution is 2.26. The number of anilines is 1. The van der Waals surface area contributed by atoms with Crippen LogP contribution in [0.4, 0.5) is 10.3 Å². The number of ether oxygens (including phenoxy) is 1. The number of fused-ring (bicyclic) bond motifs is 1. The number of halogens is 1. The van der Waals surface area contributed by atoms with Crippen molar-refractivity contribution in [1.29, 1.82) is 0 Å². The van der Waals surface area contributed by atoms with E-state index in [0.717, 1.165) is 18.5 Å². The lowest BCUT2D eigenvalue weighted by molar-refractivity contribution is 0.387. The zero-order chi connectivity index (χ0) is 13.3. The van der Waals surface area contributed by atoms with Crippen LogP contribution in [0, 0.1) is 11.7 Å². The van der Waals surface area contributed by atoms with E-state index in [2.05, 4.69) is 18.8 Å². The molecule has 0 saturated carbocycles. The van der Waals surface area contributed by atoms with Crippen LogP contribution in [0.2, 0.25) is 0 Å². The Hall–Kier alpha value is -1.78. The Kier molecular flexibility index (Phi) is 3.41. The minimum Gasteiger partial charge on any atom is -0.494 e. The number of aromatic nitrogens is 2. The molecular formula is C13H18FN3O. The molecule has 0 fully saturated rings. The van der Waals surface area contributed by atoms with E-state index >= 15 is 0 Å². The summed E-state index contributed by atoms with van der Waals surface area (Å²) in [6.07, 6.45) is 0.995. The van der Waals surface area contributed by atoms with Crippen molar-refractivity contribution >= 4 is 17.0 Å². The Morgan fingerprint density at radius 2 is 2.17 bits per heavy atom. The summed E-state index contributed by atoms with van der Waals surface area (Å²) >= 11 is 0. The van der Waals surface area contributed by atoms with Crippen LogP contribution < -0.4 is 10.5 Å². The highest BCUT2D eigenvalue weighted by molar-refractivity contribution is 5.80. The monoisotopic (exact) mass is 251 g/mol. The van der Waals surface area contributed by atoms with Crippen LogP contribution in [-0.4, -0.2) is 16.7 Å². The fraction of sp³-hybridized carbons (Fsp3) is 0.462. The standard InChI is InChI=1S/C13H18FN3O/c1-8(2)4-5-17-11-7-12(18-3)9(14)6-10(11)16-13(17)15/h6-8H,4-5H2,1-3H3,(H2,15,16). The highest BCUT2D eigenvalue weighted by atomic mass is 19.1. The van der Waals surface area contributed by atoms with Gasteiger partial charge in [0.1, 0.15) is 0 Å². The molecule has 98 valence electrons. The van der Waals surface area contributed by atoms with Gasteiger partial charge in [0.05, 0.1) is 18.1 Å². The second-order valence-electron chi connectivity index (χ2n) is 4.78. The van der Waals surface area contributed by atoms with Crippen LogP contribution in [0.3, 0.4) is 0 Å². The number of nitrogens with two attached hydrogens (primary N) is 1. The molecule has 2 N–H and O–H groups in total. The summed E-state index contributed by atoms with van der Waals surface area (Å²) in [6.45, 7) is 5.07. The molecule has 0 radical (unpaired) electrons. The first-order chi connectivity index (χ1) is 8.52.